The molecule has 0 amide bonds. The van der Waals surface area contributed by atoms with E-state index in [0.29, 0.717) is 6.42 Å². The molecule has 0 saturated heterocycles. The van der Waals surface area contributed by atoms with Crippen molar-refractivity contribution in [1.29, 1.82) is 0 Å². The minimum atomic E-state index is 0.673. The lowest BCUT2D eigenvalue weighted by Crippen LogP contribution is -2.00. The molecule has 0 aliphatic carbocycles. The summed E-state index contributed by atoms with van der Waals surface area (Å²) in [5.41, 5.74) is 5.49. The largest absolute Gasteiger partial charge is 0.359 e. The SMILES string of the molecule is Cc1cc2cc(Nc3ccnc(Cc4ccc5[nH]ncc5c4)n3)ccc2[nH]1. The summed E-state index contributed by atoms with van der Waals surface area (Å²) < 4.78 is 0. The highest BCUT2D eigenvalue weighted by molar-refractivity contribution is 5.84. The molecule has 5 rings (SSSR count). The van der Waals surface area contributed by atoms with Gasteiger partial charge in [0.1, 0.15) is 11.6 Å². The van der Waals surface area contributed by atoms with Crippen LogP contribution in [0.2, 0.25) is 0 Å². The monoisotopic (exact) mass is 354 g/mol. The van der Waals surface area contributed by atoms with Gasteiger partial charge in [0, 0.05) is 40.3 Å². The number of nitrogens with zero attached hydrogens (tertiary/aromatic N) is 3. The Morgan fingerprint density at radius 2 is 1.89 bits per heavy atom. The van der Waals surface area contributed by atoms with Crippen LogP contribution in [0.3, 0.4) is 0 Å². The first kappa shape index (κ1) is 15.6. The Morgan fingerprint density at radius 3 is 2.85 bits per heavy atom. The molecule has 3 heterocycles. The molecule has 3 aromatic heterocycles. The van der Waals surface area contributed by atoms with Gasteiger partial charge in [-0.15, -0.1) is 0 Å². The van der Waals surface area contributed by atoms with Gasteiger partial charge in [0.2, 0.25) is 0 Å². The molecule has 132 valence electrons. The molecule has 3 N–H and O–H groups in total. The Bertz CT molecular complexity index is 1250. The molecule has 6 heteroatoms. The third kappa shape index (κ3) is 3.13. The van der Waals surface area contributed by atoms with E-state index in [9.17, 15) is 0 Å². The zero-order chi connectivity index (χ0) is 18.2. The van der Waals surface area contributed by atoms with E-state index in [1.807, 2.05) is 24.4 Å². The summed E-state index contributed by atoms with van der Waals surface area (Å²) in [6, 6.07) is 16.5. The van der Waals surface area contributed by atoms with E-state index in [-0.39, 0.29) is 0 Å². The van der Waals surface area contributed by atoms with Crippen LogP contribution in [-0.4, -0.2) is 25.1 Å². The number of hydrogen-bond donors (Lipinski definition) is 3. The molecule has 0 unspecified atom stereocenters. The van der Waals surface area contributed by atoms with Crippen LogP contribution in [-0.2, 0) is 6.42 Å². The molecule has 0 radical (unpaired) electrons. The molecule has 0 aliphatic rings. The molecule has 2 aromatic carbocycles. The molecule has 0 saturated carbocycles. The molecule has 0 spiro atoms. The second-order valence-electron chi connectivity index (χ2n) is 6.71. The van der Waals surface area contributed by atoms with Crippen molar-refractivity contribution in [2.24, 2.45) is 0 Å². The van der Waals surface area contributed by atoms with Crippen molar-refractivity contribution in [2.45, 2.75) is 13.3 Å². The van der Waals surface area contributed by atoms with Crippen LogP contribution in [0.25, 0.3) is 21.8 Å². The minimum Gasteiger partial charge on any atom is -0.359 e. The van der Waals surface area contributed by atoms with Crippen LogP contribution in [0, 0.1) is 6.92 Å². The highest BCUT2D eigenvalue weighted by Gasteiger charge is 2.05. The number of hydrogen-bond acceptors (Lipinski definition) is 4. The second-order valence-corrected chi connectivity index (χ2v) is 6.71. The fourth-order valence-electron chi connectivity index (χ4n) is 3.34. The first-order chi connectivity index (χ1) is 13.2. The number of H-pyrrole nitrogens is 2. The van der Waals surface area contributed by atoms with E-state index in [4.69, 9.17) is 0 Å². The summed E-state index contributed by atoms with van der Waals surface area (Å²) >= 11 is 0. The van der Waals surface area contributed by atoms with Gasteiger partial charge in [-0.2, -0.15) is 5.10 Å². The van der Waals surface area contributed by atoms with Crippen LogP contribution in [0.4, 0.5) is 11.5 Å². The van der Waals surface area contributed by atoms with Gasteiger partial charge in [-0.05, 0) is 55.0 Å². The highest BCUT2D eigenvalue weighted by Crippen LogP contribution is 2.22. The first-order valence-electron chi connectivity index (χ1n) is 8.83. The van der Waals surface area contributed by atoms with E-state index < -0.39 is 0 Å². The average Bonchev–Trinajstić information content (AvgIpc) is 3.26. The first-order valence-corrected chi connectivity index (χ1v) is 8.83. The predicted octanol–water partition coefficient (Wildman–Crippen LogP) is 4.48. The minimum absolute atomic E-state index is 0.673. The van der Waals surface area contributed by atoms with Gasteiger partial charge < -0.3 is 10.3 Å². The lowest BCUT2D eigenvalue weighted by molar-refractivity contribution is 0.973. The maximum atomic E-state index is 4.66. The summed E-state index contributed by atoms with van der Waals surface area (Å²) in [5.74, 6) is 1.57. The number of aryl methyl sites for hydroxylation is 1. The molecule has 27 heavy (non-hydrogen) atoms. The molecule has 0 aliphatic heterocycles. The van der Waals surface area contributed by atoms with Crippen molar-refractivity contribution in [2.75, 3.05) is 5.32 Å². The maximum absolute atomic E-state index is 4.66. The van der Waals surface area contributed by atoms with Crippen molar-refractivity contribution in [3.05, 3.63) is 78.0 Å². The Kier molecular flexibility index (Phi) is 3.60. The molecular weight excluding hydrogens is 336 g/mol. The van der Waals surface area contributed by atoms with Gasteiger partial charge >= 0.3 is 0 Å². The number of nitrogens with one attached hydrogen (secondary N) is 3. The molecule has 5 aromatic rings. The quantitative estimate of drug-likeness (QED) is 0.444. The van der Waals surface area contributed by atoms with Crippen molar-refractivity contribution >= 4 is 33.3 Å². The van der Waals surface area contributed by atoms with E-state index in [2.05, 4.69) is 67.7 Å². The summed E-state index contributed by atoms with van der Waals surface area (Å²) in [7, 11) is 0. The average molecular weight is 354 g/mol. The number of anilines is 2. The fourth-order valence-corrected chi connectivity index (χ4v) is 3.34. The zero-order valence-corrected chi connectivity index (χ0v) is 14.8. The summed E-state index contributed by atoms with van der Waals surface area (Å²) in [6.45, 7) is 2.06. The molecule has 0 atom stereocenters. The third-order valence-electron chi connectivity index (χ3n) is 4.60. The van der Waals surface area contributed by atoms with Crippen LogP contribution in [0.5, 0.6) is 0 Å². The van der Waals surface area contributed by atoms with Crippen LogP contribution < -0.4 is 5.32 Å². The van der Waals surface area contributed by atoms with Crippen LogP contribution in [0.15, 0.2) is 60.9 Å². The van der Waals surface area contributed by atoms with Crippen molar-refractivity contribution in [3.63, 3.8) is 0 Å². The van der Waals surface area contributed by atoms with Gasteiger partial charge in [0.15, 0.2) is 0 Å². The lowest BCUT2D eigenvalue weighted by Gasteiger charge is -2.07. The second kappa shape index (κ2) is 6.25. The summed E-state index contributed by atoms with van der Waals surface area (Å²) in [5, 5.41) is 12.7. The van der Waals surface area contributed by atoms with E-state index in [1.54, 1.807) is 6.20 Å². The maximum Gasteiger partial charge on any atom is 0.135 e. The number of fused-ring (bicyclic) bond motifs is 2. The molecular formula is C21H18N6. The normalized spacial score (nSPS) is 11.3. The van der Waals surface area contributed by atoms with Crippen LogP contribution >= 0.6 is 0 Å². The highest BCUT2D eigenvalue weighted by atomic mass is 15.1. The number of rotatable bonds is 4. The Hall–Kier alpha value is -3.67. The summed E-state index contributed by atoms with van der Waals surface area (Å²) in [6.07, 6.45) is 4.29. The van der Waals surface area contributed by atoms with Crippen LogP contribution in [0.1, 0.15) is 17.1 Å². The van der Waals surface area contributed by atoms with E-state index >= 15 is 0 Å². The summed E-state index contributed by atoms with van der Waals surface area (Å²) in [4.78, 5) is 12.4. The fraction of sp³-hybridized carbons (Fsp3) is 0.0952. The van der Waals surface area contributed by atoms with E-state index in [1.165, 1.54) is 5.39 Å². The topological polar surface area (TPSA) is 82.3 Å². The van der Waals surface area contributed by atoms with Crippen molar-refractivity contribution < 1.29 is 0 Å². The Balaban J connectivity index is 1.38. The zero-order valence-electron chi connectivity index (χ0n) is 14.8. The van der Waals surface area contributed by atoms with Crippen molar-refractivity contribution in [1.82, 2.24) is 25.1 Å². The standard InChI is InChI=1S/C21H18N6/c1-13-8-15-11-17(3-5-18(15)24-13)25-20-6-7-22-21(26-20)10-14-2-4-19-16(9-14)12-23-27-19/h2-9,11-12,24H,10H2,1H3,(H,23,27)(H,22,25,26). The Labute approximate surface area is 155 Å². The van der Waals surface area contributed by atoms with E-state index in [0.717, 1.165) is 45.0 Å². The number of aromatic amines is 2. The Morgan fingerprint density at radius 1 is 0.963 bits per heavy atom. The number of benzene rings is 2. The predicted molar refractivity (Wildman–Crippen MR) is 107 cm³/mol. The molecule has 6 nitrogen and oxygen atoms in total. The van der Waals surface area contributed by atoms with Gasteiger partial charge in [0.25, 0.3) is 0 Å². The number of aromatic nitrogens is 5. The van der Waals surface area contributed by atoms with Gasteiger partial charge in [0.05, 0.1) is 11.7 Å². The van der Waals surface area contributed by atoms with Gasteiger partial charge in [-0.1, -0.05) is 6.07 Å². The van der Waals surface area contributed by atoms with Gasteiger partial charge in [-0.3, -0.25) is 5.10 Å². The lowest BCUT2D eigenvalue weighted by atomic mass is 10.1. The smallest absolute Gasteiger partial charge is 0.135 e. The molecule has 0 fully saturated rings. The van der Waals surface area contributed by atoms with Gasteiger partial charge in [-0.25, -0.2) is 9.97 Å². The third-order valence-corrected chi connectivity index (χ3v) is 4.60. The van der Waals surface area contributed by atoms with Crippen molar-refractivity contribution in [3.8, 4) is 0 Å². The molecule has 0 bridgehead atoms.